The second-order valence-corrected chi connectivity index (χ2v) is 13.6. The molecule has 1 N–H and O–H groups in total. The van der Waals surface area contributed by atoms with Crippen LogP contribution in [0.25, 0.3) is 0 Å². The second kappa shape index (κ2) is 17.1. The van der Waals surface area contributed by atoms with Gasteiger partial charge < -0.3 is 14.8 Å². The molecular formula is C40H44ClF3N2O4. The van der Waals surface area contributed by atoms with Crippen molar-refractivity contribution < 1.29 is 32.2 Å². The lowest BCUT2D eigenvalue weighted by Gasteiger charge is -2.43. The van der Waals surface area contributed by atoms with Gasteiger partial charge in [0.25, 0.3) is 0 Å². The zero-order valence-corrected chi connectivity index (χ0v) is 29.6. The van der Waals surface area contributed by atoms with Crippen molar-refractivity contribution in [2.75, 3.05) is 19.7 Å². The lowest BCUT2D eigenvalue weighted by Crippen LogP contribution is -2.45. The van der Waals surface area contributed by atoms with Gasteiger partial charge in [-0.1, -0.05) is 96.5 Å². The molecule has 6 nitrogen and oxygen atoms in total. The van der Waals surface area contributed by atoms with Crippen LogP contribution in [0.5, 0.6) is 5.75 Å². The van der Waals surface area contributed by atoms with Gasteiger partial charge in [-0.25, -0.2) is 0 Å². The summed E-state index contributed by atoms with van der Waals surface area (Å²) in [6.45, 7) is 8.55. The largest absolute Gasteiger partial charge is 0.494 e. The van der Waals surface area contributed by atoms with Crippen LogP contribution in [0.3, 0.4) is 0 Å². The number of hydrogen-bond donors (Lipinski definition) is 1. The van der Waals surface area contributed by atoms with Gasteiger partial charge in [-0.3, -0.25) is 14.5 Å². The van der Waals surface area contributed by atoms with Crippen molar-refractivity contribution in [2.45, 2.75) is 70.8 Å². The lowest BCUT2D eigenvalue weighted by molar-refractivity contribution is -0.154. The van der Waals surface area contributed by atoms with E-state index in [0.29, 0.717) is 30.9 Å². The van der Waals surface area contributed by atoms with Crippen LogP contribution in [0.1, 0.15) is 68.4 Å². The van der Waals surface area contributed by atoms with Gasteiger partial charge in [-0.15, -0.1) is 0 Å². The van der Waals surface area contributed by atoms with E-state index >= 15 is 0 Å². The highest BCUT2D eigenvalue weighted by atomic mass is 35.5. The third-order valence-corrected chi connectivity index (χ3v) is 8.67. The number of hydrogen-bond acceptors (Lipinski definition) is 5. The number of alkyl halides is 3. The summed E-state index contributed by atoms with van der Waals surface area (Å²) < 4.78 is 52.8. The number of benzene rings is 4. The Kier molecular flexibility index (Phi) is 13.1. The Morgan fingerprint density at radius 3 is 2.04 bits per heavy atom. The van der Waals surface area contributed by atoms with Gasteiger partial charge in [0.1, 0.15) is 11.4 Å². The fourth-order valence-corrected chi connectivity index (χ4v) is 6.07. The van der Waals surface area contributed by atoms with Gasteiger partial charge in [0.15, 0.2) is 0 Å². The number of rotatable bonds is 15. The number of nitrogens with zero attached hydrogens (tertiary/aromatic N) is 1. The topological polar surface area (TPSA) is 67.9 Å². The molecule has 1 amide bonds. The van der Waals surface area contributed by atoms with Crippen LogP contribution >= 0.6 is 11.6 Å². The van der Waals surface area contributed by atoms with Crippen molar-refractivity contribution in [3.63, 3.8) is 0 Å². The molecule has 0 atom stereocenters. The molecule has 0 aliphatic carbocycles. The molecule has 0 radical (unpaired) electrons. The van der Waals surface area contributed by atoms with E-state index in [1.165, 1.54) is 6.07 Å². The molecule has 0 bridgehead atoms. The summed E-state index contributed by atoms with van der Waals surface area (Å²) in [6.07, 6.45) is -3.84. The normalized spacial score (nSPS) is 12.1. The summed E-state index contributed by atoms with van der Waals surface area (Å²) in [6, 6.07) is 31.0. The van der Waals surface area contributed by atoms with Crippen LogP contribution in [0.15, 0.2) is 103 Å². The minimum Gasteiger partial charge on any atom is -0.494 e. The van der Waals surface area contributed by atoms with E-state index in [-0.39, 0.29) is 42.8 Å². The van der Waals surface area contributed by atoms with Crippen molar-refractivity contribution in [1.29, 1.82) is 0 Å². The van der Waals surface area contributed by atoms with Crippen LogP contribution in [0, 0.1) is 0 Å². The molecule has 0 aliphatic heterocycles. The van der Waals surface area contributed by atoms with Crippen LogP contribution in [-0.2, 0) is 39.0 Å². The first kappa shape index (κ1) is 38.5. The van der Waals surface area contributed by atoms with Crippen molar-refractivity contribution in [3.8, 4) is 5.75 Å². The molecule has 0 aliphatic rings. The van der Waals surface area contributed by atoms with E-state index in [9.17, 15) is 22.8 Å². The summed E-state index contributed by atoms with van der Waals surface area (Å²) in [5.41, 5.74) is 0.907. The second-order valence-electron chi connectivity index (χ2n) is 13.2. The zero-order chi connectivity index (χ0) is 36.4. The molecule has 266 valence electrons. The van der Waals surface area contributed by atoms with E-state index in [4.69, 9.17) is 21.1 Å². The standard InChI is InChI=1S/C40H44ClF3N2O4/c1-38(2,3)50-36(48)22-23-45-35(47)27-29-14-11-20-33(26-29)49-25-13-24-46(28-30-15-12-21-34(37(30)41)40(42,43)44)39(4,31-16-7-5-8-17-31)32-18-9-6-10-19-32/h5-12,14-21,26H,13,22-25,27-28H2,1-4H3,(H,45,47). The third-order valence-electron chi connectivity index (χ3n) is 8.23. The van der Waals surface area contributed by atoms with Crippen LogP contribution in [-0.4, -0.2) is 42.1 Å². The van der Waals surface area contributed by atoms with E-state index in [0.717, 1.165) is 22.8 Å². The minimum atomic E-state index is -4.58. The molecule has 4 aromatic carbocycles. The number of halogens is 4. The molecule has 0 spiro atoms. The molecule has 0 aromatic heterocycles. The number of ether oxygens (including phenoxy) is 2. The molecule has 0 saturated heterocycles. The molecular weight excluding hydrogens is 665 g/mol. The summed E-state index contributed by atoms with van der Waals surface area (Å²) in [7, 11) is 0. The predicted octanol–water partition coefficient (Wildman–Crippen LogP) is 8.98. The minimum absolute atomic E-state index is 0.0801. The Labute approximate surface area is 297 Å². The highest BCUT2D eigenvalue weighted by Crippen LogP contribution is 2.40. The first-order valence-corrected chi connectivity index (χ1v) is 17.0. The Bertz CT molecular complexity index is 1670. The van der Waals surface area contributed by atoms with E-state index in [1.807, 2.05) is 78.9 Å². The maximum atomic E-state index is 13.8. The number of esters is 1. The van der Waals surface area contributed by atoms with E-state index in [1.54, 1.807) is 32.9 Å². The number of amides is 1. The zero-order valence-electron chi connectivity index (χ0n) is 28.9. The maximum Gasteiger partial charge on any atom is 0.417 e. The van der Waals surface area contributed by atoms with Crippen molar-refractivity contribution in [2.24, 2.45) is 0 Å². The smallest absolute Gasteiger partial charge is 0.417 e. The van der Waals surface area contributed by atoms with Crippen LogP contribution in [0.2, 0.25) is 5.02 Å². The highest BCUT2D eigenvalue weighted by molar-refractivity contribution is 6.32. The van der Waals surface area contributed by atoms with Gasteiger partial charge >= 0.3 is 12.1 Å². The van der Waals surface area contributed by atoms with Crippen molar-refractivity contribution >= 4 is 23.5 Å². The van der Waals surface area contributed by atoms with Gasteiger partial charge in [-0.05, 0) is 74.6 Å². The van der Waals surface area contributed by atoms with Gasteiger partial charge in [-0.2, -0.15) is 13.2 Å². The van der Waals surface area contributed by atoms with Crippen molar-refractivity contribution in [1.82, 2.24) is 10.2 Å². The molecule has 0 heterocycles. The van der Waals surface area contributed by atoms with E-state index in [2.05, 4.69) is 17.1 Å². The fourth-order valence-electron chi connectivity index (χ4n) is 5.78. The van der Waals surface area contributed by atoms with Crippen LogP contribution < -0.4 is 10.1 Å². The average molecular weight is 709 g/mol. The Hall–Kier alpha value is -4.34. The quantitative estimate of drug-likeness (QED) is 0.0987. The number of carbonyl (C=O) groups excluding carboxylic acids is 2. The Morgan fingerprint density at radius 1 is 0.820 bits per heavy atom. The molecule has 0 fully saturated rings. The molecule has 50 heavy (non-hydrogen) atoms. The predicted molar refractivity (Wildman–Crippen MR) is 190 cm³/mol. The summed E-state index contributed by atoms with van der Waals surface area (Å²) in [5, 5.41) is 2.44. The summed E-state index contributed by atoms with van der Waals surface area (Å²) in [5.74, 6) is -0.0151. The SMILES string of the molecule is CC(C)(C)OC(=O)CCNC(=O)Cc1cccc(OCCCN(Cc2cccc(C(F)(F)F)c2Cl)C(C)(c2ccccc2)c2ccccc2)c1. The van der Waals surface area contributed by atoms with Crippen molar-refractivity contribution in [3.05, 3.63) is 136 Å². The highest BCUT2D eigenvalue weighted by Gasteiger charge is 2.38. The van der Waals surface area contributed by atoms with Gasteiger partial charge in [0, 0.05) is 19.6 Å². The maximum absolute atomic E-state index is 13.8. The molecule has 4 rings (SSSR count). The van der Waals surface area contributed by atoms with E-state index < -0.39 is 22.9 Å². The first-order valence-electron chi connectivity index (χ1n) is 16.6. The summed E-state index contributed by atoms with van der Waals surface area (Å²) in [4.78, 5) is 26.6. The third kappa shape index (κ3) is 10.8. The summed E-state index contributed by atoms with van der Waals surface area (Å²) >= 11 is 6.42. The molecule has 10 heteroatoms. The molecule has 0 unspecified atom stereocenters. The Morgan fingerprint density at radius 2 is 1.44 bits per heavy atom. The average Bonchev–Trinajstić information content (AvgIpc) is 3.06. The Balaban J connectivity index is 1.47. The number of carbonyl (C=O) groups is 2. The van der Waals surface area contributed by atoms with Crippen LogP contribution in [0.4, 0.5) is 13.2 Å². The monoisotopic (exact) mass is 708 g/mol. The first-order chi connectivity index (χ1) is 23.7. The molecule has 0 saturated carbocycles. The van der Waals surface area contributed by atoms with Gasteiger partial charge in [0.2, 0.25) is 5.91 Å². The number of nitrogens with one attached hydrogen (secondary N) is 1. The lowest BCUT2D eigenvalue weighted by atomic mass is 9.82. The molecule has 4 aromatic rings. The van der Waals surface area contributed by atoms with Gasteiger partial charge in [0.05, 0.1) is 35.6 Å². The fraction of sp³-hybridized carbons (Fsp3) is 0.350.